The molecule has 0 bridgehead atoms. The fourth-order valence-electron chi connectivity index (χ4n) is 1.81. The van der Waals surface area contributed by atoms with Gasteiger partial charge in [-0.3, -0.25) is 4.90 Å². The minimum Gasteiger partial charge on any atom is -0.392 e. The normalized spacial score (nSPS) is 13.7. The summed E-state index contributed by atoms with van der Waals surface area (Å²) in [6, 6.07) is 0.867. The predicted octanol–water partition coefficient (Wildman–Crippen LogP) is 2.17. The van der Waals surface area contributed by atoms with E-state index < -0.39 is 0 Å². The molecule has 2 N–H and O–H groups in total. The monoisotopic (exact) mass is 202 g/mol. The van der Waals surface area contributed by atoms with Gasteiger partial charge in [0.15, 0.2) is 0 Å². The van der Waals surface area contributed by atoms with E-state index in [0.717, 1.165) is 19.3 Å². The first kappa shape index (κ1) is 12.8. The lowest BCUT2D eigenvalue weighted by Gasteiger charge is -2.32. The molecule has 0 aliphatic rings. The fraction of sp³-hybridized carbons (Fsp3) is 0.900. The van der Waals surface area contributed by atoms with Crippen molar-refractivity contribution in [2.24, 2.45) is 5.73 Å². The lowest BCUT2D eigenvalue weighted by atomic mass is 10.1. The Morgan fingerprint density at radius 2 is 1.69 bits per heavy atom. The largest absolute Gasteiger partial charge is 0.392 e. The summed E-state index contributed by atoms with van der Waals surface area (Å²) in [6.07, 6.45) is 3.32. The zero-order chi connectivity index (χ0) is 10.4. The van der Waals surface area contributed by atoms with Gasteiger partial charge >= 0.3 is 0 Å². The topological polar surface area (TPSA) is 29.3 Å². The second kappa shape index (κ2) is 6.33. The summed E-state index contributed by atoms with van der Waals surface area (Å²) in [5, 5.41) is 0. The molecule has 0 aromatic carbocycles. The van der Waals surface area contributed by atoms with Crippen molar-refractivity contribution in [2.75, 3.05) is 7.05 Å². The van der Waals surface area contributed by atoms with Crippen LogP contribution in [0.2, 0.25) is 0 Å². The van der Waals surface area contributed by atoms with Crippen LogP contribution in [0, 0.1) is 0 Å². The van der Waals surface area contributed by atoms with Crippen LogP contribution in [0.25, 0.3) is 0 Å². The highest BCUT2D eigenvalue weighted by molar-refractivity contribution is 7.80. The molecule has 78 valence electrons. The summed E-state index contributed by atoms with van der Waals surface area (Å²) in [4.78, 5) is 2.93. The molecular formula is C10H22N2S. The van der Waals surface area contributed by atoms with Crippen LogP contribution in [0.3, 0.4) is 0 Å². The van der Waals surface area contributed by atoms with E-state index in [0.29, 0.717) is 11.0 Å². The van der Waals surface area contributed by atoms with Gasteiger partial charge in [-0.1, -0.05) is 33.0 Å². The maximum absolute atomic E-state index is 5.69. The Morgan fingerprint density at radius 1 is 1.23 bits per heavy atom. The Labute approximate surface area is 87.5 Å². The molecule has 0 amide bonds. The van der Waals surface area contributed by atoms with E-state index >= 15 is 0 Å². The third-order valence-electron chi connectivity index (χ3n) is 2.73. The zero-order valence-corrected chi connectivity index (χ0v) is 10.0. The predicted molar refractivity (Wildman–Crippen MR) is 63.0 cm³/mol. The van der Waals surface area contributed by atoms with Gasteiger partial charge in [-0.2, -0.15) is 0 Å². The summed E-state index contributed by atoms with van der Waals surface area (Å²) in [5.41, 5.74) is 5.69. The van der Waals surface area contributed by atoms with Gasteiger partial charge in [-0.15, -0.1) is 0 Å². The van der Waals surface area contributed by atoms with E-state index in [-0.39, 0.29) is 6.04 Å². The van der Waals surface area contributed by atoms with Gasteiger partial charge in [0.05, 0.1) is 11.0 Å². The molecule has 3 heteroatoms. The maximum atomic E-state index is 5.69. The first-order chi connectivity index (χ1) is 6.08. The van der Waals surface area contributed by atoms with Crippen LogP contribution in [0.5, 0.6) is 0 Å². The molecule has 1 atom stereocenters. The molecule has 0 saturated heterocycles. The second-order valence-corrected chi connectivity index (χ2v) is 3.93. The van der Waals surface area contributed by atoms with Crippen molar-refractivity contribution >= 4 is 17.2 Å². The lowest BCUT2D eigenvalue weighted by molar-refractivity contribution is 0.199. The lowest BCUT2D eigenvalue weighted by Crippen LogP contribution is -2.46. The Morgan fingerprint density at radius 3 is 1.92 bits per heavy atom. The summed E-state index contributed by atoms with van der Waals surface area (Å²) in [6.45, 7) is 6.54. The quantitative estimate of drug-likeness (QED) is 0.669. The smallest absolute Gasteiger partial charge is 0.0901 e. The molecule has 0 aromatic rings. The number of hydrogen-bond donors (Lipinski definition) is 1. The van der Waals surface area contributed by atoms with Crippen molar-refractivity contribution < 1.29 is 0 Å². The van der Waals surface area contributed by atoms with Crippen LogP contribution in [-0.2, 0) is 0 Å². The van der Waals surface area contributed by atoms with Gasteiger partial charge in [-0.25, -0.2) is 0 Å². The van der Waals surface area contributed by atoms with Crippen LogP contribution in [0.1, 0.15) is 40.0 Å². The number of nitrogens with zero attached hydrogens (tertiary/aromatic N) is 1. The van der Waals surface area contributed by atoms with Gasteiger partial charge in [0, 0.05) is 6.04 Å². The average Bonchev–Trinajstić information content (AvgIpc) is 2.07. The molecule has 0 fully saturated rings. The van der Waals surface area contributed by atoms with Crippen LogP contribution in [0.4, 0.5) is 0 Å². The number of nitrogens with two attached hydrogens (primary N) is 1. The Balaban J connectivity index is 4.33. The van der Waals surface area contributed by atoms with Crippen molar-refractivity contribution in [2.45, 2.75) is 52.1 Å². The molecule has 0 aliphatic carbocycles. The van der Waals surface area contributed by atoms with Crippen LogP contribution < -0.4 is 5.73 Å². The number of rotatable bonds is 6. The number of hydrogen-bond acceptors (Lipinski definition) is 2. The van der Waals surface area contributed by atoms with Gasteiger partial charge < -0.3 is 5.73 Å². The van der Waals surface area contributed by atoms with Crippen molar-refractivity contribution in [3.8, 4) is 0 Å². The van der Waals surface area contributed by atoms with E-state index in [1.165, 1.54) is 0 Å². The highest BCUT2D eigenvalue weighted by atomic mass is 32.1. The second-order valence-electron chi connectivity index (χ2n) is 3.46. The van der Waals surface area contributed by atoms with Crippen molar-refractivity contribution in [1.29, 1.82) is 0 Å². The van der Waals surface area contributed by atoms with Gasteiger partial charge in [0.2, 0.25) is 0 Å². The number of likely N-dealkylation sites (N-methyl/N-ethyl adjacent to an activating group) is 1. The first-order valence-electron chi connectivity index (χ1n) is 5.09. The Hall–Kier alpha value is -0.150. The van der Waals surface area contributed by atoms with Crippen LogP contribution in [0.15, 0.2) is 0 Å². The molecule has 0 rings (SSSR count). The number of thiocarbonyl (C=S) groups is 1. The third-order valence-corrected chi connectivity index (χ3v) is 3.00. The molecule has 0 aliphatic heterocycles. The minimum atomic E-state index is 0.264. The van der Waals surface area contributed by atoms with Gasteiger partial charge in [0.25, 0.3) is 0 Å². The molecule has 0 spiro atoms. The molecule has 1 unspecified atom stereocenters. The summed E-state index contributed by atoms with van der Waals surface area (Å²) in [5.74, 6) is 0. The molecule has 2 nitrogen and oxygen atoms in total. The average molecular weight is 202 g/mol. The van der Waals surface area contributed by atoms with E-state index in [1.54, 1.807) is 0 Å². The van der Waals surface area contributed by atoms with Gasteiger partial charge in [0.1, 0.15) is 0 Å². The van der Waals surface area contributed by atoms with Crippen molar-refractivity contribution in [1.82, 2.24) is 4.90 Å². The highest BCUT2D eigenvalue weighted by Gasteiger charge is 2.20. The molecule has 0 aromatic heterocycles. The van der Waals surface area contributed by atoms with Crippen molar-refractivity contribution in [3.05, 3.63) is 0 Å². The SMILES string of the molecule is CCC(CC)N(C)C(CC)C(N)=S. The molecule has 0 radical (unpaired) electrons. The summed E-state index contributed by atoms with van der Waals surface area (Å²) >= 11 is 5.04. The Kier molecular flexibility index (Phi) is 6.25. The van der Waals surface area contributed by atoms with Gasteiger partial charge in [-0.05, 0) is 26.3 Å². The maximum Gasteiger partial charge on any atom is 0.0901 e. The van der Waals surface area contributed by atoms with Crippen LogP contribution >= 0.6 is 12.2 Å². The van der Waals surface area contributed by atoms with Crippen LogP contribution in [-0.4, -0.2) is 29.0 Å². The third kappa shape index (κ3) is 3.61. The highest BCUT2D eigenvalue weighted by Crippen LogP contribution is 2.12. The minimum absolute atomic E-state index is 0.264. The van der Waals surface area contributed by atoms with E-state index in [9.17, 15) is 0 Å². The molecule has 13 heavy (non-hydrogen) atoms. The first-order valence-corrected chi connectivity index (χ1v) is 5.50. The van der Waals surface area contributed by atoms with E-state index in [4.69, 9.17) is 18.0 Å². The standard InChI is InChI=1S/C10H22N2S/c1-5-8(6-2)12(4)9(7-3)10(11)13/h8-9H,5-7H2,1-4H3,(H2,11,13). The fourth-order valence-corrected chi connectivity index (χ4v) is 2.14. The molecule has 0 saturated carbocycles. The Bertz CT molecular complexity index is 155. The van der Waals surface area contributed by atoms with E-state index in [1.807, 2.05) is 0 Å². The molecule has 0 heterocycles. The summed E-state index contributed by atoms with van der Waals surface area (Å²) < 4.78 is 0. The zero-order valence-electron chi connectivity index (χ0n) is 9.21. The summed E-state index contributed by atoms with van der Waals surface area (Å²) in [7, 11) is 2.12. The van der Waals surface area contributed by atoms with Crippen molar-refractivity contribution in [3.63, 3.8) is 0 Å². The molecular weight excluding hydrogens is 180 g/mol. The van der Waals surface area contributed by atoms with E-state index in [2.05, 4.69) is 32.7 Å².